The topological polar surface area (TPSA) is 124 Å². The van der Waals surface area contributed by atoms with Gasteiger partial charge in [0.15, 0.2) is 0 Å². The summed E-state index contributed by atoms with van der Waals surface area (Å²) in [7, 11) is 0. The Labute approximate surface area is 232 Å². The molecule has 2 saturated heterocycles. The van der Waals surface area contributed by atoms with Crippen LogP contribution in [0.25, 0.3) is 22.5 Å². The van der Waals surface area contributed by atoms with Gasteiger partial charge in [-0.25, -0.2) is 0 Å². The van der Waals surface area contributed by atoms with Crippen molar-refractivity contribution in [1.29, 1.82) is 0 Å². The molecule has 2 aromatic carbocycles. The molecule has 2 atom stereocenters. The number of anilines is 2. The maximum atomic E-state index is 12.7. The van der Waals surface area contributed by atoms with Crippen molar-refractivity contribution in [3.05, 3.63) is 60.7 Å². The van der Waals surface area contributed by atoms with Crippen molar-refractivity contribution in [2.45, 2.75) is 51.6 Å². The summed E-state index contributed by atoms with van der Waals surface area (Å²) < 4.78 is 1.10. The molecule has 0 spiro atoms. The van der Waals surface area contributed by atoms with Crippen LogP contribution in [0.3, 0.4) is 0 Å². The number of carbonyl (C=O) groups is 4. The molecule has 2 fully saturated rings. The summed E-state index contributed by atoms with van der Waals surface area (Å²) in [5.41, 5.74) is 3.90. The van der Waals surface area contributed by atoms with Crippen LogP contribution in [0.15, 0.2) is 60.7 Å². The molecule has 0 aliphatic carbocycles. The van der Waals surface area contributed by atoms with Gasteiger partial charge in [0.25, 0.3) is 0 Å². The molecule has 10 nitrogen and oxygen atoms in total. The summed E-state index contributed by atoms with van der Waals surface area (Å²) in [5.74, 6) is -0.603. The molecule has 3 aromatic rings. The van der Waals surface area contributed by atoms with Gasteiger partial charge in [-0.2, -0.15) is 4.73 Å². The molecule has 2 unspecified atom stereocenters. The molecule has 3 N–H and O–H groups in total. The molecule has 40 heavy (non-hydrogen) atoms. The van der Waals surface area contributed by atoms with Crippen LogP contribution in [0.5, 0.6) is 0 Å². The zero-order chi connectivity index (χ0) is 28.4. The molecule has 0 radical (unpaired) electrons. The Morgan fingerprint density at radius 1 is 0.650 bits per heavy atom. The van der Waals surface area contributed by atoms with E-state index in [0.717, 1.165) is 28.7 Å². The number of rotatable bonds is 6. The third-order valence-corrected chi connectivity index (χ3v) is 7.67. The Balaban J connectivity index is 1.24. The van der Waals surface area contributed by atoms with Gasteiger partial charge in [0.1, 0.15) is 12.1 Å². The largest absolute Gasteiger partial charge is 0.428 e. The van der Waals surface area contributed by atoms with Crippen molar-refractivity contribution in [3.8, 4) is 22.5 Å². The molecule has 4 amide bonds. The van der Waals surface area contributed by atoms with Crippen molar-refractivity contribution in [2.24, 2.45) is 0 Å². The van der Waals surface area contributed by atoms with Crippen LogP contribution < -0.4 is 10.6 Å². The van der Waals surface area contributed by atoms with E-state index in [9.17, 15) is 24.4 Å². The first kappa shape index (κ1) is 27.0. The van der Waals surface area contributed by atoms with Gasteiger partial charge in [-0.3, -0.25) is 19.2 Å². The van der Waals surface area contributed by atoms with Crippen molar-refractivity contribution >= 4 is 35.0 Å². The van der Waals surface area contributed by atoms with E-state index in [2.05, 4.69) is 10.6 Å². The van der Waals surface area contributed by atoms with E-state index < -0.39 is 12.1 Å². The lowest BCUT2D eigenvalue weighted by atomic mass is 10.1. The summed E-state index contributed by atoms with van der Waals surface area (Å²) in [6.45, 7) is 4.15. The zero-order valence-electron chi connectivity index (χ0n) is 22.6. The third kappa shape index (κ3) is 5.42. The van der Waals surface area contributed by atoms with Crippen molar-refractivity contribution in [3.63, 3.8) is 0 Å². The van der Waals surface area contributed by atoms with Gasteiger partial charge in [-0.05, 0) is 62.1 Å². The minimum atomic E-state index is -0.452. The first-order chi connectivity index (χ1) is 19.2. The molecule has 3 heterocycles. The van der Waals surface area contributed by atoms with Crippen LogP contribution in [0.1, 0.15) is 39.5 Å². The van der Waals surface area contributed by atoms with Crippen LogP contribution in [0, 0.1) is 0 Å². The predicted octanol–water partition coefficient (Wildman–Crippen LogP) is 3.96. The number of amides is 4. The lowest BCUT2D eigenvalue weighted by Gasteiger charge is -2.22. The highest BCUT2D eigenvalue weighted by Gasteiger charge is 2.33. The molecule has 0 bridgehead atoms. The predicted molar refractivity (Wildman–Crippen MR) is 151 cm³/mol. The quantitative estimate of drug-likeness (QED) is 0.406. The lowest BCUT2D eigenvalue weighted by Crippen LogP contribution is -2.42. The number of hydrogen-bond donors (Lipinski definition) is 3. The fourth-order valence-electron chi connectivity index (χ4n) is 5.60. The smallest absolute Gasteiger partial charge is 0.247 e. The molecule has 5 rings (SSSR count). The van der Waals surface area contributed by atoms with Gasteiger partial charge in [0.2, 0.25) is 23.6 Å². The van der Waals surface area contributed by atoms with Crippen LogP contribution in [0.2, 0.25) is 0 Å². The van der Waals surface area contributed by atoms with E-state index in [4.69, 9.17) is 0 Å². The minimum Gasteiger partial charge on any atom is -0.428 e. The second kappa shape index (κ2) is 11.3. The van der Waals surface area contributed by atoms with E-state index in [1.807, 2.05) is 24.3 Å². The summed E-state index contributed by atoms with van der Waals surface area (Å²) in [4.78, 5) is 52.2. The average molecular weight is 544 g/mol. The molecular formula is C30H33N5O5. The summed E-state index contributed by atoms with van der Waals surface area (Å²) in [6, 6.07) is 17.0. The first-order valence-corrected chi connectivity index (χ1v) is 13.5. The maximum absolute atomic E-state index is 12.7. The second-order valence-corrected chi connectivity index (χ2v) is 10.3. The molecule has 1 aromatic heterocycles. The van der Waals surface area contributed by atoms with E-state index in [1.54, 1.807) is 46.2 Å². The third-order valence-electron chi connectivity index (χ3n) is 7.67. The van der Waals surface area contributed by atoms with Crippen LogP contribution in [0.4, 0.5) is 11.4 Å². The van der Waals surface area contributed by atoms with E-state index in [-0.39, 0.29) is 23.6 Å². The summed E-state index contributed by atoms with van der Waals surface area (Å²) in [6.07, 6.45) is 2.92. The van der Waals surface area contributed by atoms with Gasteiger partial charge in [0, 0.05) is 49.4 Å². The highest BCUT2D eigenvalue weighted by atomic mass is 16.5. The number of hydrogen-bond acceptors (Lipinski definition) is 5. The number of likely N-dealkylation sites (tertiary alicyclic amines) is 2. The maximum Gasteiger partial charge on any atom is 0.247 e. The molecule has 10 heteroatoms. The Kier molecular flexibility index (Phi) is 7.59. The zero-order valence-corrected chi connectivity index (χ0v) is 22.6. The number of carbonyl (C=O) groups excluding carboxylic acids is 4. The van der Waals surface area contributed by atoms with Gasteiger partial charge >= 0.3 is 0 Å². The molecule has 208 valence electrons. The number of nitrogens with zero attached hydrogens (tertiary/aromatic N) is 3. The van der Waals surface area contributed by atoms with E-state index in [0.29, 0.717) is 48.7 Å². The van der Waals surface area contributed by atoms with Crippen LogP contribution in [-0.2, 0) is 19.2 Å². The first-order valence-electron chi connectivity index (χ1n) is 13.5. The summed E-state index contributed by atoms with van der Waals surface area (Å²) >= 11 is 0. The Hall–Kier alpha value is -4.60. The van der Waals surface area contributed by atoms with Crippen LogP contribution in [-0.4, -0.2) is 68.5 Å². The molecule has 0 saturated carbocycles. The van der Waals surface area contributed by atoms with Crippen molar-refractivity contribution in [2.75, 3.05) is 23.7 Å². The number of aromatic nitrogens is 1. The lowest BCUT2D eigenvalue weighted by molar-refractivity contribution is -0.134. The van der Waals surface area contributed by atoms with Gasteiger partial charge in [-0.15, -0.1) is 0 Å². The minimum absolute atomic E-state index is 0.100. The standard InChI is InChI=1S/C30H33N5O5/c1-19(36)33-17-3-5-27(33)29(38)31-23-11-7-21(8-12-23)25-15-16-26(35(25)40)22-9-13-24(14-10-22)32-30(39)28-6-4-18-34(28)20(2)37/h7-16,27-28,40H,3-6,17-18H2,1-2H3,(H,31,38)(H,32,39). The van der Waals surface area contributed by atoms with Gasteiger partial charge < -0.3 is 25.6 Å². The number of nitrogens with one attached hydrogen (secondary N) is 2. The highest BCUT2D eigenvalue weighted by molar-refractivity contribution is 5.98. The van der Waals surface area contributed by atoms with Crippen molar-refractivity contribution < 1.29 is 24.4 Å². The summed E-state index contributed by atoms with van der Waals surface area (Å²) in [5, 5.41) is 16.7. The average Bonchev–Trinajstić information content (AvgIpc) is 3.70. The second-order valence-electron chi connectivity index (χ2n) is 10.3. The highest BCUT2D eigenvalue weighted by Crippen LogP contribution is 2.30. The van der Waals surface area contributed by atoms with Gasteiger partial charge in [-0.1, -0.05) is 24.3 Å². The fraction of sp³-hybridized carbons (Fsp3) is 0.333. The SMILES string of the molecule is CC(=O)N1CCCC1C(=O)Nc1ccc(-c2ccc(-c3ccc(NC(=O)C4CCCN4C(C)=O)cc3)n2O)cc1. The van der Waals surface area contributed by atoms with Crippen molar-refractivity contribution in [1.82, 2.24) is 14.5 Å². The van der Waals surface area contributed by atoms with E-state index >= 15 is 0 Å². The van der Waals surface area contributed by atoms with Crippen LogP contribution >= 0.6 is 0 Å². The fourth-order valence-corrected chi connectivity index (χ4v) is 5.60. The normalized spacial score (nSPS) is 18.6. The Morgan fingerprint density at radius 3 is 1.38 bits per heavy atom. The van der Waals surface area contributed by atoms with E-state index in [1.165, 1.54) is 13.8 Å². The molecule has 2 aliphatic heterocycles. The monoisotopic (exact) mass is 543 g/mol. The Morgan fingerprint density at radius 2 is 1.02 bits per heavy atom. The van der Waals surface area contributed by atoms with Gasteiger partial charge in [0.05, 0.1) is 11.4 Å². The Bertz CT molecular complexity index is 1320. The molecular weight excluding hydrogens is 510 g/mol. The molecule has 2 aliphatic rings. The number of benzene rings is 2.